The summed E-state index contributed by atoms with van der Waals surface area (Å²) in [5.74, 6) is 0.121. The zero-order valence-corrected chi connectivity index (χ0v) is 9.17. The van der Waals surface area contributed by atoms with Gasteiger partial charge in [-0.15, -0.1) is 0 Å². The monoisotopic (exact) mass is 221 g/mol. The van der Waals surface area contributed by atoms with Crippen molar-refractivity contribution >= 4 is 23.5 Å². The van der Waals surface area contributed by atoms with Crippen LogP contribution < -0.4 is 5.32 Å². The number of hydrogen-bond acceptors (Lipinski definition) is 4. The minimum atomic E-state index is -0.304. The molecule has 78 valence electrons. The van der Waals surface area contributed by atoms with Crippen molar-refractivity contribution in [1.82, 2.24) is 9.29 Å². The van der Waals surface area contributed by atoms with Gasteiger partial charge in [0.05, 0.1) is 11.9 Å². The average molecular weight is 221 g/mol. The van der Waals surface area contributed by atoms with Gasteiger partial charge in [0.25, 0.3) is 0 Å². The molecule has 3 rings (SSSR count). The normalized spacial score (nSPS) is 22.3. The number of fused-ring (bicyclic) bond motifs is 2. The second-order valence-corrected chi connectivity index (χ2v) is 4.82. The lowest BCUT2D eigenvalue weighted by Crippen LogP contribution is -2.59. The van der Waals surface area contributed by atoms with E-state index in [4.69, 9.17) is 0 Å². The summed E-state index contributed by atoms with van der Waals surface area (Å²) in [6, 6.07) is 1.95. The Balaban J connectivity index is 2.01. The molecule has 2 aliphatic heterocycles. The Morgan fingerprint density at radius 3 is 3.13 bits per heavy atom. The predicted octanol–water partition coefficient (Wildman–Crippen LogP) is 0.865. The number of anilines is 1. The minimum Gasteiger partial charge on any atom is -0.324 e. The second-order valence-electron chi connectivity index (χ2n) is 3.94. The van der Waals surface area contributed by atoms with Crippen LogP contribution in [0.2, 0.25) is 0 Å². The van der Waals surface area contributed by atoms with Crippen molar-refractivity contribution < 1.29 is 4.79 Å². The Bertz CT molecular complexity index is 428. The molecule has 0 bridgehead atoms. The Morgan fingerprint density at radius 2 is 2.40 bits per heavy atom. The van der Waals surface area contributed by atoms with Crippen LogP contribution in [0.25, 0.3) is 0 Å². The maximum atomic E-state index is 11.9. The molecule has 1 amide bonds. The standard InChI is InChI=1S/C10H11N3OS/c1-15-13-5-10(6-13)7-2-3-11-4-8(7)12-9(10)14/h2-4H,5-6H2,1H3,(H,12,14). The molecule has 0 saturated carbocycles. The maximum absolute atomic E-state index is 11.9. The molecule has 0 atom stereocenters. The van der Waals surface area contributed by atoms with Crippen LogP contribution in [-0.4, -0.2) is 34.5 Å². The van der Waals surface area contributed by atoms with E-state index >= 15 is 0 Å². The highest BCUT2D eigenvalue weighted by molar-refractivity contribution is 7.96. The van der Waals surface area contributed by atoms with E-state index in [1.807, 2.05) is 12.3 Å². The summed E-state index contributed by atoms with van der Waals surface area (Å²) in [4.78, 5) is 15.9. The molecule has 1 aromatic heterocycles. The Hall–Kier alpha value is -1.07. The molecule has 1 aromatic rings. The highest BCUT2D eigenvalue weighted by atomic mass is 32.2. The summed E-state index contributed by atoms with van der Waals surface area (Å²) in [5.41, 5.74) is 1.68. The van der Waals surface area contributed by atoms with Crippen molar-refractivity contribution in [1.29, 1.82) is 0 Å². The molecule has 0 aliphatic carbocycles. The first-order valence-corrected chi connectivity index (χ1v) is 5.99. The summed E-state index contributed by atoms with van der Waals surface area (Å²) in [6.45, 7) is 1.61. The first-order chi connectivity index (χ1) is 7.26. The van der Waals surface area contributed by atoms with E-state index in [9.17, 15) is 4.79 Å². The van der Waals surface area contributed by atoms with Crippen molar-refractivity contribution in [3.63, 3.8) is 0 Å². The Labute approximate surface area is 92.2 Å². The van der Waals surface area contributed by atoms with Gasteiger partial charge < -0.3 is 5.32 Å². The summed E-state index contributed by atoms with van der Waals surface area (Å²) in [5, 5.41) is 2.90. The number of nitrogens with one attached hydrogen (secondary N) is 1. The van der Waals surface area contributed by atoms with Crippen molar-refractivity contribution in [2.24, 2.45) is 0 Å². The molecule has 1 saturated heterocycles. The number of pyridine rings is 1. The lowest BCUT2D eigenvalue weighted by atomic mass is 9.76. The van der Waals surface area contributed by atoms with Gasteiger partial charge >= 0.3 is 0 Å². The number of aromatic nitrogens is 1. The van der Waals surface area contributed by atoms with Gasteiger partial charge in [0, 0.05) is 19.3 Å². The van der Waals surface area contributed by atoms with Crippen molar-refractivity contribution in [3.05, 3.63) is 24.0 Å². The van der Waals surface area contributed by atoms with Crippen molar-refractivity contribution in [2.45, 2.75) is 5.41 Å². The molecule has 3 heterocycles. The third-order valence-corrected chi connectivity index (χ3v) is 3.94. The van der Waals surface area contributed by atoms with Gasteiger partial charge in [-0.25, -0.2) is 4.31 Å². The fraction of sp³-hybridized carbons (Fsp3) is 0.400. The lowest BCUT2D eigenvalue weighted by Gasteiger charge is -2.44. The zero-order valence-electron chi connectivity index (χ0n) is 8.36. The quantitative estimate of drug-likeness (QED) is 0.715. The fourth-order valence-electron chi connectivity index (χ4n) is 2.27. The third-order valence-electron chi connectivity index (χ3n) is 3.17. The molecular weight excluding hydrogens is 210 g/mol. The highest BCUT2D eigenvalue weighted by Gasteiger charge is 2.55. The van der Waals surface area contributed by atoms with Crippen molar-refractivity contribution in [3.8, 4) is 0 Å². The van der Waals surface area contributed by atoms with E-state index in [1.165, 1.54) is 0 Å². The van der Waals surface area contributed by atoms with Gasteiger partial charge in [-0.2, -0.15) is 0 Å². The van der Waals surface area contributed by atoms with Gasteiger partial charge in [-0.1, -0.05) is 11.9 Å². The smallest absolute Gasteiger partial charge is 0.237 e. The van der Waals surface area contributed by atoms with Gasteiger partial charge in [0.1, 0.15) is 5.41 Å². The van der Waals surface area contributed by atoms with Gasteiger partial charge in [0.15, 0.2) is 0 Å². The number of hydrogen-bond donors (Lipinski definition) is 1. The van der Waals surface area contributed by atoms with Crippen LogP contribution in [0.3, 0.4) is 0 Å². The summed E-state index contributed by atoms with van der Waals surface area (Å²) in [7, 11) is 0. The number of carbonyl (C=O) groups excluding carboxylic acids is 1. The van der Waals surface area contributed by atoms with E-state index in [2.05, 4.69) is 14.6 Å². The molecule has 2 aliphatic rings. The SMILES string of the molecule is CSN1CC2(C1)C(=O)Nc1cnccc12. The average Bonchev–Trinajstić information content (AvgIpc) is 2.47. The van der Waals surface area contributed by atoms with E-state index in [1.54, 1.807) is 24.3 Å². The molecule has 0 aromatic carbocycles. The molecular formula is C10H11N3OS. The van der Waals surface area contributed by atoms with E-state index < -0.39 is 0 Å². The molecule has 1 N–H and O–H groups in total. The molecule has 1 fully saturated rings. The first kappa shape index (κ1) is 9.18. The minimum absolute atomic E-state index is 0.121. The Morgan fingerprint density at radius 1 is 1.60 bits per heavy atom. The number of amides is 1. The zero-order chi connectivity index (χ0) is 10.5. The first-order valence-electron chi connectivity index (χ1n) is 4.81. The van der Waals surface area contributed by atoms with Gasteiger partial charge in [-0.3, -0.25) is 9.78 Å². The van der Waals surface area contributed by atoms with E-state index in [0.717, 1.165) is 24.3 Å². The van der Waals surface area contributed by atoms with E-state index in [-0.39, 0.29) is 11.3 Å². The molecule has 15 heavy (non-hydrogen) atoms. The van der Waals surface area contributed by atoms with Crippen LogP contribution in [0.15, 0.2) is 18.5 Å². The summed E-state index contributed by atoms with van der Waals surface area (Å²) < 4.78 is 2.19. The largest absolute Gasteiger partial charge is 0.324 e. The topological polar surface area (TPSA) is 45.2 Å². The van der Waals surface area contributed by atoms with Crippen LogP contribution in [0, 0.1) is 0 Å². The van der Waals surface area contributed by atoms with E-state index in [0.29, 0.717) is 0 Å². The number of carbonyl (C=O) groups is 1. The predicted molar refractivity (Wildman–Crippen MR) is 59.6 cm³/mol. The molecule has 0 radical (unpaired) electrons. The van der Waals surface area contributed by atoms with Gasteiger partial charge in [0.2, 0.25) is 5.91 Å². The summed E-state index contributed by atoms with van der Waals surface area (Å²) >= 11 is 1.69. The lowest BCUT2D eigenvalue weighted by molar-refractivity contribution is -0.124. The molecule has 1 spiro atoms. The van der Waals surface area contributed by atoms with Gasteiger partial charge in [-0.05, 0) is 17.9 Å². The highest BCUT2D eigenvalue weighted by Crippen LogP contribution is 2.45. The van der Waals surface area contributed by atoms with Crippen LogP contribution in [-0.2, 0) is 10.2 Å². The molecule has 0 unspecified atom stereocenters. The van der Waals surface area contributed by atoms with Crippen LogP contribution in [0.1, 0.15) is 5.56 Å². The van der Waals surface area contributed by atoms with Crippen LogP contribution >= 0.6 is 11.9 Å². The fourth-order valence-corrected chi connectivity index (χ4v) is 2.97. The maximum Gasteiger partial charge on any atom is 0.237 e. The molecule has 4 nitrogen and oxygen atoms in total. The Kier molecular flexibility index (Phi) is 1.81. The van der Waals surface area contributed by atoms with Crippen LogP contribution in [0.4, 0.5) is 5.69 Å². The number of rotatable bonds is 1. The molecule has 5 heteroatoms. The third kappa shape index (κ3) is 1.07. The van der Waals surface area contributed by atoms with Crippen molar-refractivity contribution in [2.75, 3.05) is 24.7 Å². The second kappa shape index (κ2) is 2.96. The summed E-state index contributed by atoms with van der Waals surface area (Å²) in [6.07, 6.45) is 5.51. The van der Waals surface area contributed by atoms with Crippen LogP contribution in [0.5, 0.6) is 0 Å². The number of nitrogens with zero attached hydrogens (tertiary/aromatic N) is 2.